The molecule has 19 nitrogen and oxygen atoms in total. The van der Waals surface area contributed by atoms with Crippen LogP contribution in [0.4, 0.5) is 31.1 Å². The number of hydrogen-bond acceptors (Lipinski definition) is 16. The zero-order chi connectivity index (χ0) is 64.0. The quantitative estimate of drug-likeness (QED) is 0.110. The Hall–Kier alpha value is -5.91. The van der Waals surface area contributed by atoms with E-state index in [1.54, 1.807) is 25.1 Å². The van der Waals surface area contributed by atoms with Crippen molar-refractivity contribution in [1.82, 2.24) is 35.1 Å². The number of halogens is 6. The van der Waals surface area contributed by atoms with Gasteiger partial charge in [-0.25, -0.2) is 37.3 Å². The Morgan fingerprint density at radius 1 is 0.611 bits per heavy atom. The molecule has 4 fully saturated rings. The largest absolute Gasteiger partial charge is 0.573 e. The average Bonchev–Trinajstić information content (AvgIpc) is 1.85. The molecule has 2 aliphatic carbocycles. The Labute approximate surface area is 543 Å². The van der Waals surface area contributed by atoms with Crippen molar-refractivity contribution in [3.05, 3.63) is 47.8 Å². The van der Waals surface area contributed by atoms with Gasteiger partial charge in [-0.1, -0.05) is 93.2 Å². The van der Waals surface area contributed by atoms with E-state index in [1.807, 2.05) is 54.8 Å². The van der Waals surface area contributed by atoms with Crippen LogP contribution >= 0.6 is 0 Å². The Kier molecular flexibility index (Phi) is 25.3. The number of alkyl carbamates (subject to hydrolysis) is 1. The van der Waals surface area contributed by atoms with Crippen LogP contribution in [0.3, 0.4) is 0 Å². The first-order chi connectivity index (χ1) is 41.5. The van der Waals surface area contributed by atoms with Crippen molar-refractivity contribution >= 4 is 58.5 Å². The zero-order valence-corrected chi connectivity index (χ0v) is 54.6. The van der Waals surface area contributed by atoms with Crippen LogP contribution in [-0.2, 0) is 83.4 Å². The van der Waals surface area contributed by atoms with Gasteiger partial charge in [-0.2, -0.15) is 13.2 Å². The third-order valence-corrected chi connectivity index (χ3v) is 17.6. The maximum atomic E-state index is 14.0. The number of aryl methyl sites for hydroxylation is 2. The molecular formula is C63H79F6N7O12V2-2. The number of ether oxygens (including phenoxy) is 5. The monoisotopic (exact) mass is 1340 g/mol. The number of carbonyl (C=O) groups excluding carboxylic acids is 6. The van der Waals surface area contributed by atoms with Crippen LogP contribution in [0.25, 0.3) is 22.1 Å². The van der Waals surface area contributed by atoms with Crippen LogP contribution in [0, 0.1) is 40.4 Å². The molecule has 2 radical (unpaired) electrons. The van der Waals surface area contributed by atoms with E-state index in [0.29, 0.717) is 46.9 Å². The maximum absolute atomic E-state index is 14.0. The molecule has 3 amide bonds. The van der Waals surface area contributed by atoms with Gasteiger partial charge in [0.1, 0.15) is 53.3 Å². The normalized spacial score (nSPS) is 27.9. The van der Waals surface area contributed by atoms with Crippen LogP contribution in [0.1, 0.15) is 150 Å². The molecule has 2 saturated heterocycles. The van der Waals surface area contributed by atoms with Gasteiger partial charge < -0.3 is 53.5 Å². The topological polar surface area (TPSA) is 239 Å². The summed E-state index contributed by atoms with van der Waals surface area (Å²) in [6, 6.07) is 5.87. The molecule has 4 bridgehead atoms. The molecule has 12 atom stereocenters. The number of fused-ring (bicyclic) bond motifs is 10. The summed E-state index contributed by atoms with van der Waals surface area (Å²) < 4.78 is 96.1. The molecule has 4 aromatic rings. The number of aromatic nitrogens is 4. The molecule has 27 heteroatoms. The van der Waals surface area contributed by atoms with E-state index in [9.17, 15) is 60.2 Å². The van der Waals surface area contributed by atoms with E-state index >= 15 is 0 Å². The van der Waals surface area contributed by atoms with Gasteiger partial charge in [-0.15, -0.1) is 13.2 Å². The van der Waals surface area contributed by atoms with Gasteiger partial charge in [0.2, 0.25) is 23.6 Å². The summed E-state index contributed by atoms with van der Waals surface area (Å²) in [6.45, 7) is 11.4. The second-order valence-electron chi connectivity index (χ2n) is 26.1. The fourth-order valence-corrected chi connectivity index (χ4v) is 12.5. The van der Waals surface area contributed by atoms with Crippen molar-refractivity contribution in [2.45, 2.75) is 207 Å². The van der Waals surface area contributed by atoms with Gasteiger partial charge >= 0.3 is 25.1 Å². The third-order valence-electron chi connectivity index (χ3n) is 17.6. The van der Waals surface area contributed by atoms with E-state index in [0.717, 1.165) is 88.8 Å². The van der Waals surface area contributed by atoms with Crippen molar-refractivity contribution in [2.24, 2.45) is 40.4 Å². The van der Waals surface area contributed by atoms with E-state index in [4.69, 9.17) is 33.9 Å². The molecular weight excluding hydrogens is 1260 g/mol. The second kappa shape index (κ2) is 31.1. The summed E-state index contributed by atoms with van der Waals surface area (Å²) >= 11 is 0. The number of hydrogen-bond donors (Lipinski definition) is 2. The fourth-order valence-electron chi connectivity index (χ4n) is 12.5. The molecule has 6 aliphatic rings. The molecule has 6 heterocycles. The van der Waals surface area contributed by atoms with Crippen LogP contribution in [0.5, 0.6) is 23.3 Å². The number of aromatic hydroxyl groups is 1. The number of phenolic OH excluding ortho intramolecular Hbond substituents is 1. The summed E-state index contributed by atoms with van der Waals surface area (Å²) in [5.74, 6) is -1.85. The van der Waals surface area contributed by atoms with Gasteiger partial charge in [0.15, 0.2) is 0 Å². The van der Waals surface area contributed by atoms with Gasteiger partial charge in [0.25, 0.3) is 0 Å². The molecule has 0 spiro atoms. The Morgan fingerprint density at radius 2 is 1.12 bits per heavy atom. The number of phenols is 1. The number of benzene rings is 2. The smallest absolute Gasteiger partial charge is 0.540 e. The number of amides is 3. The Bertz CT molecular complexity index is 3150. The van der Waals surface area contributed by atoms with Gasteiger partial charge in [-0.05, 0) is 123 Å². The molecule has 0 unspecified atom stereocenters. The first-order valence-corrected chi connectivity index (χ1v) is 30.4. The first kappa shape index (κ1) is 73.1. The van der Waals surface area contributed by atoms with Gasteiger partial charge in [0.05, 0.1) is 47.5 Å². The summed E-state index contributed by atoms with van der Waals surface area (Å²) in [5, 5.41) is 12.8. The van der Waals surface area contributed by atoms with Crippen LogP contribution in [-0.4, -0.2) is 140 Å². The maximum Gasteiger partial charge on any atom is 0.573 e. The number of rotatable bonds is 3. The SMILES string of the molecule is C[C@@H]1[C@@H]2CN(C(=O)[C@H](C(C)(C)C)CC(=O)O[C@@H]3C[C@H]3CCCCCc3nc4ccc(O)cc4nc3O2)[C@@H]1[C-]=O.C[C@@H]1[C@@H]2CN(C(=O)[C@H](C(C)(C)C)NC(=O)O[C@@H]3CCC[C@H]3CCCCCc3nc4ccc(OC(F)(F)F)cc4nc3O2)[C@@H]1[C-]=O.FC(F)F.[V].[V]. The van der Waals surface area contributed by atoms with Crippen LogP contribution in [0.2, 0.25) is 0 Å². The molecule has 2 N–H and O–H groups in total. The number of nitrogens with one attached hydrogen (secondary N) is 1. The van der Waals surface area contributed by atoms with Crippen LogP contribution in [0.15, 0.2) is 36.4 Å². The number of nitrogens with zero attached hydrogens (tertiary/aromatic N) is 6. The molecule has 2 aromatic carbocycles. The minimum atomic E-state index is -4.87. The van der Waals surface area contributed by atoms with E-state index in [-0.39, 0.29) is 110 Å². The predicted octanol–water partition coefficient (Wildman–Crippen LogP) is 11.0. The predicted molar refractivity (Wildman–Crippen MR) is 308 cm³/mol. The minimum Gasteiger partial charge on any atom is -0.540 e. The average molecular weight is 1340 g/mol. The first-order valence-electron chi connectivity index (χ1n) is 30.4. The van der Waals surface area contributed by atoms with E-state index in [2.05, 4.69) is 21.3 Å². The van der Waals surface area contributed by atoms with Gasteiger partial charge in [-0.3, -0.25) is 14.4 Å². The van der Waals surface area contributed by atoms with Crippen LogP contribution < -0.4 is 19.5 Å². The molecule has 4 aliphatic heterocycles. The Morgan fingerprint density at radius 3 is 1.64 bits per heavy atom. The van der Waals surface area contributed by atoms with Gasteiger partial charge in [0, 0.05) is 49.2 Å². The van der Waals surface area contributed by atoms with E-state index < -0.39 is 83.8 Å². The minimum absolute atomic E-state index is 0. The van der Waals surface area contributed by atoms with E-state index in [1.165, 1.54) is 21.9 Å². The number of esters is 1. The second-order valence-corrected chi connectivity index (χ2v) is 26.1. The molecule has 10 rings (SSSR count). The van der Waals surface area contributed by atoms with Crippen molar-refractivity contribution < 1.29 is 121 Å². The summed E-state index contributed by atoms with van der Waals surface area (Å²) in [4.78, 5) is 99.8. The standard InChI is InChI=1S/C32H40F3N4O6.C30H38N3O6.CHF3.2V/c1-18-24(17-40)39-16-26(18)43-28-22(36-21-14-13-20(15-23(21)37-28)45-32(33,34)35)11-7-5-6-9-19-10-8-12-25(19)44-30(42)38-27(29(39)41)31(2,3)4;1-17-24(16-34)33-15-26(17)39-28-22(31-21-11-10-19(35)13-23(21)32-28)9-7-5-6-8-18-12-25(18)38-27(36)14-20(29(33)37)30(2,3)4;2-1(3)4;;/h13-15,18-19,24-27H,5-12,16H2,1-4H3,(H,38,42);10-11,13,17-18,20,24-26,35H,5-9,12,14-15H2,1-4H3;1H;;/q2*-1;;;/t18-,19+,24+,25+,26-,27+;17-,18+,20+,24+,25+,26-;;;/m00.../s1. The summed E-state index contributed by atoms with van der Waals surface area (Å²) in [6.07, 6.45) is 9.03. The summed E-state index contributed by atoms with van der Waals surface area (Å²) in [7, 11) is 0. The number of alkyl halides is 6. The van der Waals surface area contributed by atoms with Crippen molar-refractivity contribution in [2.75, 3.05) is 13.1 Å². The zero-order valence-electron chi connectivity index (χ0n) is 51.8. The number of carbonyl (C=O) groups is 4. The van der Waals surface area contributed by atoms with Crippen molar-refractivity contribution in [3.63, 3.8) is 0 Å². The molecule has 2 saturated carbocycles. The molecule has 2 aromatic heterocycles. The molecule has 90 heavy (non-hydrogen) atoms. The Balaban J connectivity index is 0.000000267. The summed E-state index contributed by atoms with van der Waals surface area (Å²) in [5.41, 5.74) is 1.75. The fraction of sp³-hybridized carbons (Fsp3) is 0.651. The molecule has 492 valence electrons. The van der Waals surface area contributed by atoms with Crippen molar-refractivity contribution in [3.8, 4) is 23.3 Å². The van der Waals surface area contributed by atoms with Crippen molar-refractivity contribution in [1.29, 1.82) is 0 Å². The third kappa shape index (κ3) is 18.9.